The molecule has 2 aromatic rings. The second-order valence-electron chi connectivity index (χ2n) is 6.29. The van der Waals surface area contributed by atoms with Gasteiger partial charge in [-0.05, 0) is 26.0 Å². The van der Waals surface area contributed by atoms with Crippen molar-refractivity contribution in [1.29, 1.82) is 0 Å². The first-order valence-corrected chi connectivity index (χ1v) is 9.21. The number of aliphatic carboxylic acids is 2. The monoisotopic (exact) mass is 568 g/mol. The molecule has 0 atom stereocenters. The van der Waals surface area contributed by atoms with E-state index in [9.17, 15) is 49.6 Å². The Morgan fingerprint density at radius 3 is 1.03 bits per heavy atom. The first-order valence-electron chi connectivity index (χ1n) is 9.21. The van der Waals surface area contributed by atoms with Crippen LogP contribution < -0.4 is 10.2 Å². The summed E-state index contributed by atoms with van der Waals surface area (Å²) in [6, 6.07) is 10.1. The van der Waals surface area contributed by atoms with E-state index in [0.29, 0.717) is 0 Å². The number of carbonyl (C=O) groups excluding carboxylic acids is 2. The molecule has 0 bridgehead atoms. The summed E-state index contributed by atoms with van der Waals surface area (Å²) in [6.07, 6.45) is 0. The van der Waals surface area contributed by atoms with Gasteiger partial charge >= 0.3 is 31.4 Å². The molecule has 2 N–H and O–H groups in total. The third-order valence-corrected chi connectivity index (χ3v) is 3.37. The first-order chi connectivity index (χ1) is 16.5. The average Bonchev–Trinajstić information content (AvgIpc) is 2.80. The van der Waals surface area contributed by atoms with Crippen molar-refractivity contribution in [3.05, 3.63) is 104 Å². The number of hydrogen-bond acceptors (Lipinski definition) is 10. The van der Waals surface area contributed by atoms with Crippen LogP contribution in [0.5, 0.6) is 0 Å². The van der Waals surface area contributed by atoms with E-state index in [2.05, 4.69) is 13.2 Å². The zero-order valence-corrected chi connectivity index (χ0v) is 22.6. The van der Waals surface area contributed by atoms with E-state index in [1.54, 1.807) is 0 Å². The summed E-state index contributed by atoms with van der Waals surface area (Å²) in [5, 5.41) is 56.9. The number of rotatable bonds is 6. The predicted octanol–water partition coefficient (Wildman–Crippen LogP) is 1.21. The number of benzene rings is 2. The fourth-order valence-corrected chi connectivity index (χ4v) is 1.61. The molecule has 0 aliphatic heterocycles. The van der Waals surface area contributed by atoms with Crippen molar-refractivity contribution in [2.24, 2.45) is 0 Å². The van der Waals surface area contributed by atoms with Crippen LogP contribution in [0.1, 0.15) is 34.6 Å². The van der Waals surface area contributed by atoms with Gasteiger partial charge in [-0.15, -0.1) is 0 Å². The quantitative estimate of drug-likeness (QED) is 0.216. The summed E-state index contributed by atoms with van der Waals surface area (Å²) in [6.45, 7) is 9.20. The maximum Gasteiger partial charge on any atom is 2.00 e. The molecular weight excluding hydrogens is 550 g/mol. The van der Waals surface area contributed by atoms with Crippen LogP contribution in [-0.2, 0) is 29.1 Å². The van der Waals surface area contributed by atoms with Gasteiger partial charge in [0.05, 0.1) is 32.9 Å². The number of nitro benzene ring substituents is 2. The summed E-state index contributed by atoms with van der Waals surface area (Å²) in [5.74, 6) is -4.95. The SMILES string of the molecule is C=C(C)C(=O)O.C=C(C)C(=O)O.O=C([O-])c1ccccc1[N+](=O)[O-].O=C([O-])c1ccccc1[N+](=O)[O-].[Zn+2]. The molecular formula is C22H20N2O12Zn. The number of carboxylic acid groups (broad SMARTS) is 4. The van der Waals surface area contributed by atoms with Crippen molar-refractivity contribution in [2.75, 3.05) is 0 Å². The van der Waals surface area contributed by atoms with Crippen LogP contribution in [-0.4, -0.2) is 43.9 Å². The normalized spacial score (nSPS) is 8.49. The van der Waals surface area contributed by atoms with Gasteiger partial charge in [-0.25, -0.2) is 9.59 Å². The van der Waals surface area contributed by atoms with Crippen LogP contribution in [0.25, 0.3) is 0 Å². The smallest absolute Gasteiger partial charge is 0.545 e. The Bertz CT molecular complexity index is 996. The molecule has 0 fully saturated rings. The zero-order valence-electron chi connectivity index (χ0n) is 19.6. The van der Waals surface area contributed by atoms with Gasteiger partial charge in [0.15, 0.2) is 0 Å². The zero-order chi connectivity index (χ0) is 28.6. The molecule has 0 aliphatic rings. The van der Waals surface area contributed by atoms with Crippen molar-refractivity contribution in [2.45, 2.75) is 13.8 Å². The van der Waals surface area contributed by atoms with Crippen molar-refractivity contribution >= 4 is 35.3 Å². The molecule has 0 saturated heterocycles. The van der Waals surface area contributed by atoms with Gasteiger partial charge in [-0.1, -0.05) is 37.4 Å². The number of nitrogens with zero attached hydrogens (tertiary/aromatic N) is 2. The molecule has 0 heterocycles. The summed E-state index contributed by atoms with van der Waals surface area (Å²) in [5.41, 5.74) is -1.34. The number of carboxylic acids is 4. The minimum Gasteiger partial charge on any atom is -0.545 e. The molecule has 14 nitrogen and oxygen atoms in total. The number of hydrogen-bond donors (Lipinski definition) is 2. The Kier molecular flexibility index (Phi) is 18.4. The van der Waals surface area contributed by atoms with Crippen molar-refractivity contribution < 1.29 is 68.9 Å². The van der Waals surface area contributed by atoms with E-state index in [1.807, 2.05) is 0 Å². The minimum atomic E-state index is -1.54. The van der Waals surface area contributed by atoms with Gasteiger partial charge in [-0.2, -0.15) is 0 Å². The largest absolute Gasteiger partial charge is 2.00 e. The van der Waals surface area contributed by atoms with Crippen molar-refractivity contribution in [3.8, 4) is 0 Å². The fourth-order valence-electron chi connectivity index (χ4n) is 1.61. The van der Waals surface area contributed by atoms with Crippen molar-refractivity contribution in [1.82, 2.24) is 0 Å². The first kappa shape index (κ1) is 36.8. The van der Waals surface area contributed by atoms with Crippen LogP contribution in [0.15, 0.2) is 72.8 Å². The van der Waals surface area contributed by atoms with Gasteiger partial charge in [0.25, 0.3) is 11.4 Å². The summed E-state index contributed by atoms with van der Waals surface area (Å²) in [4.78, 5) is 58.8. The molecule has 0 radical (unpaired) electrons. The Morgan fingerprint density at radius 2 is 0.892 bits per heavy atom. The summed E-state index contributed by atoms with van der Waals surface area (Å²) < 4.78 is 0. The standard InChI is InChI=1S/2C7H5NO4.2C4H6O2.Zn/c2*9-7(10)5-3-1-2-4-6(5)8(11)12;2*1-3(2)4(5)6;/h2*1-4H,(H,9,10);2*1H2,2H3,(H,5,6);/q;;;;+2/p-2. The molecule has 192 valence electrons. The van der Waals surface area contributed by atoms with Gasteiger partial charge in [0, 0.05) is 23.3 Å². The van der Waals surface area contributed by atoms with Crippen LogP contribution in [0.4, 0.5) is 11.4 Å². The van der Waals surface area contributed by atoms with Crippen LogP contribution in [0, 0.1) is 20.2 Å². The van der Waals surface area contributed by atoms with E-state index in [1.165, 1.54) is 38.1 Å². The van der Waals surface area contributed by atoms with Gasteiger partial charge < -0.3 is 30.0 Å². The maximum absolute atomic E-state index is 10.3. The van der Waals surface area contributed by atoms with Gasteiger partial charge in [0.1, 0.15) is 0 Å². The number of para-hydroxylation sites is 2. The Balaban J connectivity index is -0.000000436. The average molecular weight is 570 g/mol. The molecule has 15 heteroatoms. The molecule has 2 rings (SSSR count). The van der Waals surface area contributed by atoms with E-state index in [0.717, 1.165) is 24.3 Å². The van der Waals surface area contributed by atoms with Gasteiger partial charge in [-0.3, -0.25) is 20.2 Å². The Hall–Kier alpha value is -4.78. The molecule has 0 aliphatic carbocycles. The third-order valence-electron chi connectivity index (χ3n) is 3.37. The van der Waals surface area contributed by atoms with E-state index in [4.69, 9.17) is 10.2 Å². The van der Waals surface area contributed by atoms with Crippen LogP contribution in [0.2, 0.25) is 0 Å². The predicted molar refractivity (Wildman–Crippen MR) is 120 cm³/mol. The van der Waals surface area contributed by atoms with Crippen LogP contribution >= 0.6 is 0 Å². The molecule has 37 heavy (non-hydrogen) atoms. The Morgan fingerprint density at radius 1 is 0.676 bits per heavy atom. The molecule has 0 saturated carbocycles. The van der Waals surface area contributed by atoms with E-state index >= 15 is 0 Å². The number of aromatic carboxylic acids is 2. The molecule has 0 aromatic heterocycles. The van der Waals surface area contributed by atoms with Crippen molar-refractivity contribution in [3.63, 3.8) is 0 Å². The Labute approximate surface area is 222 Å². The van der Waals surface area contributed by atoms with E-state index in [-0.39, 0.29) is 30.6 Å². The summed E-state index contributed by atoms with van der Waals surface area (Å²) >= 11 is 0. The molecule has 2 aromatic carbocycles. The fraction of sp³-hybridized carbons (Fsp3) is 0.0909. The van der Waals surface area contributed by atoms with E-state index < -0.39 is 56.2 Å². The minimum absolute atomic E-state index is 0. The second-order valence-corrected chi connectivity index (χ2v) is 6.29. The second kappa shape index (κ2) is 18.5. The van der Waals surface area contributed by atoms with Gasteiger partial charge in [0.2, 0.25) is 0 Å². The third kappa shape index (κ3) is 15.7. The molecule has 0 unspecified atom stereocenters. The topological polar surface area (TPSA) is 241 Å². The number of carbonyl (C=O) groups is 4. The number of nitro groups is 2. The molecule has 0 amide bonds. The summed E-state index contributed by atoms with van der Waals surface area (Å²) in [7, 11) is 0. The maximum atomic E-state index is 10.3. The molecule has 0 spiro atoms. The van der Waals surface area contributed by atoms with Crippen LogP contribution in [0.3, 0.4) is 0 Å².